The number of rotatable bonds is 7. The van der Waals surface area contributed by atoms with E-state index in [-0.39, 0.29) is 16.6 Å². The van der Waals surface area contributed by atoms with E-state index in [4.69, 9.17) is 27.9 Å². The molecule has 0 aromatic heterocycles. The molecule has 0 fully saturated rings. The molecule has 1 amide bonds. The number of hydrogen-bond acceptors (Lipinski definition) is 4. The molecular weight excluding hydrogens is 339 g/mol. The summed E-state index contributed by atoms with van der Waals surface area (Å²) in [6.07, 6.45) is 1.40. The Morgan fingerprint density at radius 3 is 2.57 bits per heavy atom. The molecule has 5 nitrogen and oxygen atoms in total. The van der Waals surface area contributed by atoms with Gasteiger partial charge in [-0.15, -0.1) is 0 Å². The molecule has 1 aromatic carbocycles. The third-order valence-corrected chi connectivity index (χ3v) is 3.71. The minimum absolute atomic E-state index is 0.235. The van der Waals surface area contributed by atoms with Gasteiger partial charge in [0.1, 0.15) is 0 Å². The molecule has 7 heteroatoms. The third-order valence-electron chi connectivity index (χ3n) is 3.16. The molecule has 0 unspecified atom stereocenters. The average molecular weight is 359 g/mol. The van der Waals surface area contributed by atoms with E-state index in [0.717, 1.165) is 6.42 Å². The quantitative estimate of drug-likeness (QED) is 0.453. The number of benzene rings is 1. The van der Waals surface area contributed by atoms with Crippen molar-refractivity contribution in [1.82, 2.24) is 5.43 Å². The van der Waals surface area contributed by atoms with Crippen LogP contribution in [0, 0.1) is 5.92 Å². The number of carbonyl (C=O) groups excluding carboxylic acids is 2. The van der Waals surface area contributed by atoms with Gasteiger partial charge in [0.25, 0.3) is 5.91 Å². The topological polar surface area (TPSA) is 67.8 Å². The molecule has 0 aliphatic heterocycles. The van der Waals surface area contributed by atoms with Gasteiger partial charge < -0.3 is 4.74 Å². The highest BCUT2D eigenvalue weighted by Crippen LogP contribution is 2.20. The van der Waals surface area contributed by atoms with E-state index in [0.29, 0.717) is 23.8 Å². The largest absolute Gasteiger partial charge is 0.465 e. The molecule has 23 heavy (non-hydrogen) atoms. The van der Waals surface area contributed by atoms with Crippen LogP contribution in [-0.2, 0) is 9.53 Å². The van der Waals surface area contributed by atoms with E-state index in [1.54, 1.807) is 19.9 Å². The first-order chi connectivity index (χ1) is 10.9. The lowest BCUT2D eigenvalue weighted by Gasteiger charge is -2.14. The minimum Gasteiger partial charge on any atom is -0.465 e. The van der Waals surface area contributed by atoms with E-state index in [2.05, 4.69) is 10.5 Å². The van der Waals surface area contributed by atoms with Gasteiger partial charge in [-0.1, -0.05) is 36.5 Å². The number of ether oxygens (including phenoxy) is 1. The van der Waals surface area contributed by atoms with Crippen molar-refractivity contribution in [3.05, 3.63) is 33.8 Å². The molecule has 0 saturated carbocycles. The number of nitrogens with one attached hydrogen (secondary N) is 1. The molecule has 1 N–H and O–H groups in total. The van der Waals surface area contributed by atoms with Gasteiger partial charge in [-0.05, 0) is 38.5 Å². The summed E-state index contributed by atoms with van der Waals surface area (Å²) < 4.78 is 5.03. The molecule has 0 bridgehead atoms. The van der Waals surface area contributed by atoms with E-state index < -0.39 is 11.8 Å². The number of amides is 1. The summed E-state index contributed by atoms with van der Waals surface area (Å²) >= 11 is 11.8. The van der Waals surface area contributed by atoms with Gasteiger partial charge in [-0.25, -0.2) is 5.43 Å². The van der Waals surface area contributed by atoms with E-state index in [1.807, 2.05) is 6.92 Å². The van der Waals surface area contributed by atoms with Crippen LogP contribution in [0.3, 0.4) is 0 Å². The van der Waals surface area contributed by atoms with Crippen molar-refractivity contribution in [3.8, 4) is 0 Å². The average Bonchev–Trinajstić information content (AvgIpc) is 2.50. The van der Waals surface area contributed by atoms with E-state index in [1.165, 1.54) is 12.1 Å². The van der Waals surface area contributed by atoms with Crippen LogP contribution in [0.1, 0.15) is 44.0 Å². The van der Waals surface area contributed by atoms with Crippen molar-refractivity contribution in [2.75, 3.05) is 6.61 Å². The fraction of sp³-hybridized carbons (Fsp3) is 0.438. The monoisotopic (exact) mass is 358 g/mol. The highest BCUT2D eigenvalue weighted by Gasteiger charge is 2.22. The van der Waals surface area contributed by atoms with Crippen LogP contribution in [0.5, 0.6) is 0 Å². The first kappa shape index (κ1) is 19.5. The van der Waals surface area contributed by atoms with Crippen LogP contribution >= 0.6 is 23.2 Å². The first-order valence-electron chi connectivity index (χ1n) is 7.36. The van der Waals surface area contributed by atoms with Crippen molar-refractivity contribution < 1.29 is 14.3 Å². The standard InChI is InChI=1S/C16H20Cl2N2O3/c1-4-6-12(16(22)23-5-2)10(3)19-20-15(21)13-8-7-11(17)9-14(13)18/h7-9,12H,4-6H2,1-3H3,(H,20,21)/t12-/m0/s1. The number of halogens is 2. The summed E-state index contributed by atoms with van der Waals surface area (Å²) in [6, 6.07) is 4.56. The Morgan fingerprint density at radius 2 is 2.00 bits per heavy atom. The van der Waals surface area contributed by atoms with E-state index >= 15 is 0 Å². The van der Waals surface area contributed by atoms with Crippen LogP contribution in [-0.4, -0.2) is 24.2 Å². The predicted octanol–water partition coefficient (Wildman–Crippen LogP) is 4.08. The summed E-state index contributed by atoms with van der Waals surface area (Å²) in [5, 5.41) is 4.69. The zero-order chi connectivity index (χ0) is 17.4. The molecule has 0 heterocycles. The van der Waals surface area contributed by atoms with E-state index in [9.17, 15) is 9.59 Å². The Hall–Kier alpha value is -1.59. The number of esters is 1. The highest BCUT2D eigenvalue weighted by molar-refractivity contribution is 6.36. The summed E-state index contributed by atoms with van der Waals surface area (Å²) in [5.41, 5.74) is 3.16. The molecular formula is C16H20Cl2N2O3. The van der Waals surface area contributed by atoms with Crippen molar-refractivity contribution in [1.29, 1.82) is 0 Å². The fourth-order valence-corrected chi connectivity index (χ4v) is 2.47. The van der Waals surface area contributed by atoms with Crippen LogP contribution in [0.15, 0.2) is 23.3 Å². The van der Waals surface area contributed by atoms with Crippen molar-refractivity contribution in [3.63, 3.8) is 0 Å². The summed E-state index contributed by atoms with van der Waals surface area (Å²) in [4.78, 5) is 24.0. The maximum atomic E-state index is 12.1. The predicted molar refractivity (Wildman–Crippen MR) is 92.1 cm³/mol. The number of hydrazone groups is 1. The molecule has 1 rings (SSSR count). The smallest absolute Gasteiger partial charge is 0.314 e. The first-order valence-corrected chi connectivity index (χ1v) is 8.12. The lowest BCUT2D eigenvalue weighted by molar-refractivity contribution is -0.145. The number of nitrogens with zero attached hydrogens (tertiary/aromatic N) is 1. The van der Waals surface area contributed by atoms with Gasteiger partial charge in [-0.2, -0.15) is 5.10 Å². The maximum absolute atomic E-state index is 12.1. The summed E-state index contributed by atoms with van der Waals surface area (Å²) in [7, 11) is 0. The minimum atomic E-state index is -0.471. The second-order valence-corrected chi connectivity index (χ2v) is 5.76. The van der Waals surface area contributed by atoms with Crippen molar-refractivity contribution >= 4 is 40.8 Å². The zero-order valence-electron chi connectivity index (χ0n) is 13.4. The Morgan fingerprint density at radius 1 is 1.30 bits per heavy atom. The lowest BCUT2D eigenvalue weighted by Crippen LogP contribution is -2.28. The maximum Gasteiger partial charge on any atom is 0.314 e. The van der Waals surface area contributed by atoms with Gasteiger partial charge >= 0.3 is 5.97 Å². The van der Waals surface area contributed by atoms with Gasteiger partial charge in [0.15, 0.2) is 0 Å². The summed E-state index contributed by atoms with van der Waals surface area (Å²) in [6.45, 7) is 5.70. The van der Waals surface area contributed by atoms with Crippen molar-refractivity contribution in [2.45, 2.75) is 33.6 Å². The molecule has 1 aromatic rings. The van der Waals surface area contributed by atoms with Crippen LogP contribution in [0.25, 0.3) is 0 Å². The third kappa shape index (κ3) is 5.84. The molecule has 0 radical (unpaired) electrons. The van der Waals surface area contributed by atoms with Crippen LogP contribution < -0.4 is 5.43 Å². The number of carbonyl (C=O) groups is 2. The highest BCUT2D eigenvalue weighted by atomic mass is 35.5. The SMILES string of the molecule is CCC[C@H](C(=O)OCC)C(C)=NNC(=O)c1ccc(Cl)cc1Cl. The fourth-order valence-electron chi connectivity index (χ4n) is 1.98. The Bertz CT molecular complexity index is 603. The Kier molecular flexibility index (Phi) is 8.06. The second-order valence-electron chi connectivity index (χ2n) is 4.91. The molecule has 0 aliphatic rings. The molecule has 0 spiro atoms. The summed E-state index contributed by atoms with van der Waals surface area (Å²) in [5.74, 6) is -1.28. The van der Waals surface area contributed by atoms with Crippen molar-refractivity contribution in [2.24, 2.45) is 11.0 Å². The lowest BCUT2D eigenvalue weighted by atomic mass is 9.99. The Balaban J connectivity index is 2.83. The normalized spacial score (nSPS) is 12.7. The van der Waals surface area contributed by atoms with Gasteiger partial charge in [0.05, 0.1) is 23.1 Å². The molecule has 126 valence electrons. The Labute approximate surface area is 146 Å². The molecule has 1 atom stereocenters. The molecule has 0 saturated heterocycles. The second kappa shape index (κ2) is 9.53. The van der Waals surface area contributed by atoms with Crippen LogP contribution in [0.4, 0.5) is 0 Å². The van der Waals surface area contributed by atoms with Crippen LogP contribution in [0.2, 0.25) is 10.0 Å². The van der Waals surface area contributed by atoms with Gasteiger partial charge in [0, 0.05) is 10.7 Å². The number of hydrogen-bond donors (Lipinski definition) is 1. The molecule has 0 aliphatic carbocycles. The van der Waals surface area contributed by atoms with Gasteiger partial charge in [0.2, 0.25) is 0 Å². The zero-order valence-corrected chi connectivity index (χ0v) is 14.9. The van der Waals surface area contributed by atoms with Gasteiger partial charge in [-0.3, -0.25) is 9.59 Å².